The van der Waals surface area contributed by atoms with E-state index in [-0.39, 0.29) is 78.6 Å². The molecule has 2 radical (unpaired) electrons. The molecule has 20 nitrogen and oxygen atoms in total. The van der Waals surface area contributed by atoms with Crippen LogP contribution in [0.4, 0.5) is 28.4 Å². The number of aryl methyl sites for hydroxylation is 1. The molecule has 0 saturated carbocycles. The van der Waals surface area contributed by atoms with Gasteiger partial charge in [-0.3, -0.25) is 18.5 Å². The molecule has 0 bridgehead atoms. The summed E-state index contributed by atoms with van der Waals surface area (Å²) in [5.74, 6) is -2.48. The number of nitrogens with zero attached hydrogens (tertiary/aromatic N) is 6. The fourth-order valence-electron chi connectivity index (χ4n) is 5.26. The van der Waals surface area contributed by atoms with Crippen molar-refractivity contribution in [3.63, 3.8) is 0 Å². The molecule has 1 aromatic heterocycles. The van der Waals surface area contributed by atoms with E-state index in [0.717, 1.165) is 41.1 Å². The van der Waals surface area contributed by atoms with E-state index in [1.165, 1.54) is 43.3 Å². The van der Waals surface area contributed by atoms with E-state index in [9.17, 15) is 54.5 Å². The van der Waals surface area contributed by atoms with Crippen LogP contribution in [0.3, 0.4) is 0 Å². The van der Waals surface area contributed by atoms with Gasteiger partial charge < -0.3 is 30.8 Å². The van der Waals surface area contributed by atoms with Crippen LogP contribution < -0.4 is 31.7 Å². The summed E-state index contributed by atoms with van der Waals surface area (Å²) >= 11 is 0. The monoisotopic (exact) mass is 933 g/mol. The predicted octanol–water partition coefficient (Wildman–Crippen LogP) is 3.29. The summed E-state index contributed by atoms with van der Waals surface area (Å²) in [6, 6.07) is 14.7. The molecule has 5 aromatic carbocycles. The van der Waals surface area contributed by atoms with Crippen molar-refractivity contribution >= 4 is 69.6 Å². The molecule has 25 heteroatoms. The molecule has 6 aromatic rings. The molecule has 0 aliphatic rings. The van der Waals surface area contributed by atoms with Crippen molar-refractivity contribution < 1.29 is 88.4 Å². The fraction of sp³-hybridized carbons (Fsp3) is 0.0312. The Labute approximate surface area is 342 Å². The minimum Gasteiger partial charge on any atom is -0.871 e. The summed E-state index contributed by atoms with van der Waals surface area (Å²) < 4.78 is 99.3. The molecule has 1 heterocycles. The smallest absolute Gasteiger partial charge is 0.871 e. The summed E-state index contributed by atoms with van der Waals surface area (Å²) in [7, 11) is -14.7. The van der Waals surface area contributed by atoms with Gasteiger partial charge in [-0.2, -0.15) is 40.6 Å². The number of anilines is 1. The topological polar surface area (TPSA) is 344 Å². The Morgan fingerprint density at radius 3 is 1.63 bits per heavy atom. The van der Waals surface area contributed by atoms with Gasteiger partial charge in [0.05, 0.1) is 27.6 Å². The van der Waals surface area contributed by atoms with Gasteiger partial charge in [0, 0.05) is 16.5 Å². The van der Waals surface area contributed by atoms with Crippen LogP contribution in [0.2, 0.25) is 0 Å². The number of benzene rings is 5. The number of nitrogens with two attached hydrogens (primary N) is 1. The van der Waals surface area contributed by atoms with Crippen molar-refractivity contribution in [2.75, 3.05) is 5.73 Å². The zero-order valence-electron chi connectivity index (χ0n) is 28.0. The van der Waals surface area contributed by atoms with Crippen LogP contribution in [0.1, 0.15) is 5.69 Å². The van der Waals surface area contributed by atoms with Gasteiger partial charge in [-0.15, -0.1) is 10.8 Å². The van der Waals surface area contributed by atoms with E-state index in [0.29, 0.717) is 6.07 Å². The standard InChI is InChI=1S/C32H25N7O13S3.2Cu/c1-15-30(32(43)39(38-15)18-4-6-19(7-5-18)53(44,45)46)37-35-22-10-3-17(13-25(22)41)16-2-9-21(24(40)12-16)34-36-23-11-8-20-26(54(47,48)49)14-27(55(50,51)52)29(33)28(20)31(23)42;;/h2-14H,1H3,(H9,33,34,35,36,37,38,40,41,42,43,44,45,46,47,48,49,50,51,52);;/q;2*+2/p-4. The van der Waals surface area contributed by atoms with Crippen LogP contribution in [-0.2, 0) is 64.5 Å². The summed E-state index contributed by atoms with van der Waals surface area (Å²) in [5, 5.41) is 57.2. The molecule has 0 saturated heterocycles. The van der Waals surface area contributed by atoms with Crippen LogP contribution in [0.25, 0.3) is 27.6 Å². The minimum absolute atomic E-state index is 0. The third-order valence-corrected chi connectivity index (χ3v) is 10.6. The van der Waals surface area contributed by atoms with Crippen molar-refractivity contribution in [3.8, 4) is 34.1 Å². The number of nitrogen functional groups attached to an aromatic ring is 1. The Morgan fingerprint density at radius 1 is 0.649 bits per heavy atom. The summed E-state index contributed by atoms with van der Waals surface area (Å²) in [6.07, 6.45) is 0. The SMILES string of the molecule is Cc1[n-]n(-c2ccc(S(=O)(=O)O)cc2)c(=O)c1N=Nc1ccc(-c2ccc(N=Nc3ccc4c(S(=O)(=O)O)cc(S(=O)(=O)O)c(N)c4c3[O-])c([O-])c2)cc1[O-].[Cu+2].[Cu+2]. The predicted molar refractivity (Wildman–Crippen MR) is 186 cm³/mol. The molecule has 0 spiro atoms. The number of rotatable bonds is 9. The molecule has 0 atom stereocenters. The van der Waals surface area contributed by atoms with Gasteiger partial charge in [-0.05, 0) is 59.7 Å². The second kappa shape index (κ2) is 16.2. The molecule has 6 rings (SSSR count). The Balaban J connectivity index is 0.00000360. The third-order valence-electron chi connectivity index (χ3n) is 7.90. The van der Waals surface area contributed by atoms with Gasteiger partial charge in [0.2, 0.25) is 0 Å². The molecular weight excluding hydrogens is 914 g/mol. The van der Waals surface area contributed by atoms with Crippen LogP contribution >= 0.6 is 0 Å². The molecule has 0 aliphatic carbocycles. The zero-order valence-corrected chi connectivity index (χ0v) is 32.4. The average molecular weight is 935 g/mol. The van der Waals surface area contributed by atoms with Crippen LogP contribution in [-0.4, -0.2) is 43.6 Å². The van der Waals surface area contributed by atoms with Gasteiger partial charge in [-0.25, -0.2) is 0 Å². The number of hydrogen-bond donors (Lipinski definition) is 4. The van der Waals surface area contributed by atoms with Crippen LogP contribution in [0, 0.1) is 6.92 Å². The Bertz CT molecular complexity index is 3040. The first kappa shape index (κ1) is 44.3. The van der Waals surface area contributed by atoms with E-state index in [1.807, 2.05) is 0 Å². The van der Waals surface area contributed by atoms with Gasteiger partial charge in [-0.1, -0.05) is 54.5 Å². The first-order valence-electron chi connectivity index (χ1n) is 15.0. The normalized spacial score (nSPS) is 12.2. The molecule has 57 heavy (non-hydrogen) atoms. The summed E-state index contributed by atoms with van der Waals surface area (Å²) in [5.41, 5.74) is 3.93. The summed E-state index contributed by atoms with van der Waals surface area (Å²) in [6.45, 7) is 1.46. The second-order valence-corrected chi connectivity index (χ2v) is 15.7. The van der Waals surface area contributed by atoms with E-state index in [1.54, 1.807) is 0 Å². The number of fused-ring (bicyclic) bond motifs is 1. The Morgan fingerprint density at radius 2 is 1.14 bits per heavy atom. The van der Waals surface area contributed by atoms with E-state index in [4.69, 9.17) is 10.3 Å². The summed E-state index contributed by atoms with van der Waals surface area (Å²) in [4.78, 5) is 10.4. The Hall–Kier alpha value is -5.46. The maximum atomic E-state index is 13.2. The maximum absolute atomic E-state index is 13.2. The molecule has 0 amide bonds. The first-order chi connectivity index (χ1) is 25.6. The van der Waals surface area contributed by atoms with Crippen molar-refractivity contribution in [3.05, 3.63) is 94.9 Å². The molecule has 0 aliphatic heterocycles. The zero-order chi connectivity index (χ0) is 40.2. The van der Waals surface area contributed by atoms with E-state index >= 15 is 0 Å². The molecule has 302 valence electrons. The van der Waals surface area contributed by atoms with E-state index in [2.05, 4.69) is 25.6 Å². The molecule has 0 fully saturated rings. The fourth-order valence-corrected chi connectivity index (χ4v) is 7.18. The van der Waals surface area contributed by atoms with Crippen molar-refractivity contribution in [2.45, 2.75) is 21.6 Å². The van der Waals surface area contributed by atoms with Crippen LogP contribution in [0.15, 0.2) is 119 Å². The van der Waals surface area contributed by atoms with Crippen molar-refractivity contribution in [1.29, 1.82) is 0 Å². The molecular formula is C32H21Cu2N7O13S3. The maximum Gasteiger partial charge on any atom is 2.00 e. The van der Waals surface area contributed by atoms with Gasteiger partial charge in [0.1, 0.15) is 15.5 Å². The third kappa shape index (κ3) is 8.92. The second-order valence-electron chi connectivity index (χ2n) is 11.5. The first-order valence-corrected chi connectivity index (χ1v) is 19.3. The minimum atomic E-state index is -5.16. The Kier molecular flexibility index (Phi) is 12.6. The van der Waals surface area contributed by atoms with Crippen LogP contribution in [0.5, 0.6) is 17.2 Å². The van der Waals surface area contributed by atoms with Crippen molar-refractivity contribution in [2.24, 2.45) is 20.5 Å². The van der Waals surface area contributed by atoms with Gasteiger partial charge in [0.25, 0.3) is 35.9 Å². The quantitative estimate of drug-likeness (QED) is 0.0699. The number of aromatic nitrogens is 2. The largest absolute Gasteiger partial charge is 2.00 e. The molecule has 0 unspecified atom stereocenters. The number of azo groups is 2. The van der Waals surface area contributed by atoms with Gasteiger partial charge in [0.15, 0.2) is 0 Å². The molecule has 5 N–H and O–H groups in total. The van der Waals surface area contributed by atoms with E-state index < -0.39 is 85.1 Å². The van der Waals surface area contributed by atoms with Gasteiger partial charge >= 0.3 is 34.1 Å². The number of hydrogen-bond acceptors (Lipinski definition) is 15. The average Bonchev–Trinajstić information content (AvgIpc) is 3.38. The van der Waals surface area contributed by atoms with Crippen molar-refractivity contribution in [1.82, 2.24) is 9.78 Å².